The molecule has 0 saturated heterocycles. The van der Waals surface area contributed by atoms with Crippen LogP contribution >= 0.6 is 0 Å². The molecule has 0 aliphatic heterocycles. The maximum atomic E-state index is 8.97. The minimum atomic E-state index is 0.259. The number of hydrogen-bond acceptors (Lipinski definition) is 5. The zero-order valence-corrected chi connectivity index (χ0v) is 12.4. The number of anilines is 2. The standard InChI is InChI=1S/C14H26N4O/c1-10(2)14-17-12(15-4)8-13(18-14)16-7-5-6-11(3)9-19/h8,10-11,19H,5-7,9H2,1-4H3,(H2,15,16,17,18). The van der Waals surface area contributed by atoms with Crippen LogP contribution in [-0.2, 0) is 0 Å². The lowest BCUT2D eigenvalue weighted by atomic mass is 10.1. The van der Waals surface area contributed by atoms with Gasteiger partial charge in [-0.25, -0.2) is 9.97 Å². The fourth-order valence-corrected chi connectivity index (χ4v) is 1.70. The Morgan fingerprint density at radius 1 is 1.21 bits per heavy atom. The summed E-state index contributed by atoms with van der Waals surface area (Å²) in [6, 6.07) is 1.92. The minimum absolute atomic E-state index is 0.259. The lowest BCUT2D eigenvalue weighted by Crippen LogP contribution is -2.10. The van der Waals surface area contributed by atoms with Gasteiger partial charge in [0.1, 0.15) is 17.5 Å². The highest BCUT2D eigenvalue weighted by atomic mass is 16.3. The monoisotopic (exact) mass is 266 g/mol. The van der Waals surface area contributed by atoms with E-state index in [2.05, 4.69) is 41.4 Å². The van der Waals surface area contributed by atoms with Gasteiger partial charge in [0.2, 0.25) is 0 Å². The van der Waals surface area contributed by atoms with Crippen LogP contribution in [0.5, 0.6) is 0 Å². The van der Waals surface area contributed by atoms with E-state index in [-0.39, 0.29) is 6.61 Å². The van der Waals surface area contributed by atoms with E-state index in [4.69, 9.17) is 5.11 Å². The number of aliphatic hydroxyl groups excluding tert-OH is 1. The third-order valence-corrected chi connectivity index (χ3v) is 3.01. The van der Waals surface area contributed by atoms with Crippen molar-refractivity contribution in [2.24, 2.45) is 5.92 Å². The van der Waals surface area contributed by atoms with E-state index in [0.717, 1.165) is 36.8 Å². The molecule has 0 bridgehead atoms. The van der Waals surface area contributed by atoms with Gasteiger partial charge in [0.25, 0.3) is 0 Å². The van der Waals surface area contributed by atoms with Crippen LogP contribution in [0.15, 0.2) is 6.07 Å². The lowest BCUT2D eigenvalue weighted by molar-refractivity contribution is 0.229. The first-order valence-corrected chi connectivity index (χ1v) is 6.98. The van der Waals surface area contributed by atoms with Gasteiger partial charge in [-0.3, -0.25) is 0 Å². The van der Waals surface area contributed by atoms with Crippen LogP contribution in [0, 0.1) is 5.92 Å². The Kier molecular flexibility index (Phi) is 6.56. The van der Waals surface area contributed by atoms with E-state index < -0.39 is 0 Å². The van der Waals surface area contributed by atoms with Gasteiger partial charge in [-0.15, -0.1) is 0 Å². The van der Waals surface area contributed by atoms with Crippen molar-refractivity contribution in [1.29, 1.82) is 0 Å². The zero-order chi connectivity index (χ0) is 14.3. The van der Waals surface area contributed by atoms with Gasteiger partial charge in [0.15, 0.2) is 0 Å². The molecule has 0 amide bonds. The molecule has 3 N–H and O–H groups in total. The molecule has 1 unspecified atom stereocenters. The molecule has 5 heteroatoms. The molecule has 1 heterocycles. The number of nitrogens with zero attached hydrogens (tertiary/aromatic N) is 2. The van der Waals surface area contributed by atoms with Crippen molar-refractivity contribution in [2.45, 2.75) is 39.5 Å². The van der Waals surface area contributed by atoms with Crippen molar-refractivity contribution in [1.82, 2.24) is 9.97 Å². The molecule has 0 fully saturated rings. The molecule has 0 aromatic carbocycles. The predicted octanol–water partition coefficient (Wildman–Crippen LogP) is 2.46. The second-order valence-electron chi connectivity index (χ2n) is 5.26. The van der Waals surface area contributed by atoms with Crippen LogP contribution in [0.2, 0.25) is 0 Å². The number of aliphatic hydroxyl groups is 1. The second-order valence-corrected chi connectivity index (χ2v) is 5.26. The van der Waals surface area contributed by atoms with Crippen LogP contribution in [0.3, 0.4) is 0 Å². The Morgan fingerprint density at radius 2 is 1.89 bits per heavy atom. The summed E-state index contributed by atoms with van der Waals surface area (Å²) in [5, 5.41) is 15.3. The summed E-state index contributed by atoms with van der Waals surface area (Å²) in [5.74, 6) is 3.22. The Morgan fingerprint density at radius 3 is 2.47 bits per heavy atom. The Balaban J connectivity index is 2.55. The third kappa shape index (κ3) is 5.42. The third-order valence-electron chi connectivity index (χ3n) is 3.01. The molecule has 0 aliphatic carbocycles. The summed E-state index contributed by atoms with van der Waals surface area (Å²) in [6.07, 6.45) is 2.04. The van der Waals surface area contributed by atoms with Gasteiger partial charge >= 0.3 is 0 Å². The molecular formula is C14H26N4O. The van der Waals surface area contributed by atoms with Crippen molar-refractivity contribution in [3.05, 3.63) is 11.9 Å². The van der Waals surface area contributed by atoms with Crippen molar-refractivity contribution in [2.75, 3.05) is 30.8 Å². The van der Waals surface area contributed by atoms with Gasteiger partial charge in [-0.2, -0.15) is 0 Å². The molecule has 0 radical (unpaired) electrons. The average molecular weight is 266 g/mol. The fourth-order valence-electron chi connectivity index (χ4n) is 1.70. The SMILES string of the molecule is CNc1cc(NCCCC(C)CO)nc(C(C)C)n1. The Hall–Kier alpha value is -1.36. The molecule has 0 aliphatic rings. The molecule has 1 rings (SSSR count). The number of rotatable bonds is 8. The van der Waals surface area contributed by atoms with Gasteiger partial charge in [0, 0.05) is 32.2 Å². The van der Waals surface area contributed by atoms with E-state index >= 15 is 0 Å². The summed E-state index contributed by atoms with van der Waals surface area (Å²) in [7, 11) is 1.86. The van der Waals surface area contributed by atoms with Crippen molar-refractivity contribution < 1.29 is 5.11 Å². The van der Waals surface area contributed by atoms with Crippen molar-refractivity contribution in [3.8, 4) is 0 Å². The molecular weight excluding hydrogens is 240 g/mol. The van der Waals surface area contributed by atoms with Crippen LogP contribution in [0.1, 0.15) is 45.4 Å². The van der Waals surface area contributed by atoms with Gasteiger partial charge in [-0.1, -0.05) is 20.8 Å². The van der Waals surface area contributed by atoms with Crippen molar-refractivity contribution in [3.63, 3.8) is 0 Å². The predicted molar refractivity (Wildman–Crippen MR) is 79.6 cm³/mol. The fraction of sp³-hybridized carbons (Fsp3) is 0.714. The summed E-state index contributed by atoms with van der Waals surface area (Å²) < 4.78 is 0. The largest absolute Gasteiger partial charge is 0.396 e. The summed E-state index contributed by atoms with van der Waals surface area (Å²) in [5.41, 5.74) is 0. The van der Waals surface area contributed by atoms with E-state index in [1.165, 1.54) is 0 Å². The average Bonchev–Trinajstić information content (AvgIpc) is 2.42. The van der Waals surface area contributed by atoms with E-state index in [1.54, 1.807) is 0 Å². The summed E-state index contributed by atoms with van der Waals surface area (Å²) >= 11 is 0. The zero-order valence-electron chi connectivity index (χ0n) is 12.4. The highest BCUT2D eigenvalue weighted by Crippen LogP contribution is 2.16. The quantitative estimate of drug-likeness (QED) is 0.631. The number of aromatic nitrogens is 2. The van der Waals surface area contributed by atoms with Gasteiger partial charge in [0.05, 0.1) is 0 Å². The van der Waals surface area contributed by atoms with E-state index in [0.29, 0.717) is 11.8 Å². The highest BCUT2D eigenvalue weighted by molar-refractivity contribution is 5.47. The first-order valence-electron chi connectivity index (χ1n) is 6.98. The molecule has 108 valence electrons. The molecule has 19 heavy (non-hydrogen) atoms. The second kappa shape index (κ2) is 7.94. The van der Waals surface area contributed by atoms with Crippen molar-refractivity contribution >= 4 is 11.6 Å². The molecule has 1 atom stereocenters. The normalized spacial score (nSPS) is 12.5. The van der Waals surface area contributed by atoms with Gasteiger partial charge < -0.3 is 15.7 Å². The van der Waals surface area contributed by atoms with Crippen LogP contribution in [0.4, 0.5) is 11.6 Å². The molecule has 5 nitrogen and oxygen atoms in total. The highest BCUT2D eigenvalue weighted by Gasteiger charge is 2.07. The molecule has 0 spiro atoms. The Bertz CT molecular complexity index is 382. The molecule has 0 saturated carbocycles. The first-order chi connectivity index (χ1) is 9.06. The van der Waals surface area contributed by atoms with Gasteiger partial charge in [-0.05, 0) is 18.8 Å². The first kappa shape index (κ1) is 15.7. The Labute approximate surface area is 115 Å². The van der Waals surface area contributed by atoms with Crippen LogP contribution in [0.25, 0.3) is 0 Å². The van der Waals surface area contributed by atoms with E-state index in [1.807, 2.05) is 13.1 Å². The van der Waals surface area contributed by atoms with E-state index in [9.17, 15) is 0 Å². The lowest BCUT2D eigenvalue weighted by Gasteiger charge is -2.12. The van der Waals surface area contributed by atoms with Crippen LogP contribution in [-0.4, -0.2) is 35.3 Å². The maximum Gasteiger partial charge on any atom is 0.135 e. The summed E-state index contributed by atoms with van der Waals surface area (Å²) in [6.45, 7) is 7.35. The van der Waals surface area contributed by atoms with Crippen LogP contribution < -0.4 is 10.6 Å². The maximum absolute atomic E-state index is 8.97. The topological polar surface area (TPSA) is 70.1 Å². The minimum Gasteiger partial charge on any atom is -0.396 e. The summed E-state index contributed by atoms with van der Waals surface area (Å²) in [4.78, 5) is 8.93. The molecule has 1 aromatic heterocycles. The number of nitrogens with one attached hydrogen (secondary N) is 2. The molecule has 1 aromatic rings. The number of hydrogen-bond donors (Lipinski definition) is 3. The smallest absolute Gasteiger partial charge is 0.135 e.